The summed E-state index contributed by atoms with van der Waals surface area (Å²) in [5, 5.41) is 4.31. The minimum atomic E-state index is -0.310. The minimum absolute atomic E-state index is 0.0212. The van der Waals surface area contributed by atoms with E-state index in [-0.39, 0.29) is 57.3 Å². The van der Waals surface area contributed by atoms with E-state index in [0.29, 0.717) is 47.9 Å². The van der Waals surface area contributed by atoms with Crippen LogP contribution in [0.15, 0.2) is 65.8 Å². The molecule has 3 saturated carbocycles. The minimum Gasteiger partial charge on any atom is -0.465 e. The molecule has 0 aliphatic heterocycles. The number of fused-ring (bicyclic) bond motifs is 7. The molecule has 7 nitrogen and oxygen atoms in total. The highest BCUT2D eigenvalue weighted by Crippen LogP contribution is 2.75. The van der Waals surface area contributed by atoms with E-state index in [0.717, 1.165) is 56.2 Å². The molecule has 2 aromatic carbocycles. The Hall–Kier alpha value is -3.42. The van der Waals surface area contributed by atoms with Crippen LogP contribution in [0.4, 0.5) is 4.79 Å². The number of rotatable bonds is 9. The van der Waals surface area contributed by atoms with Crippen molar-refractivity contribution in [1.29, 1.82) is 0 Å². The average Bonchev–Trinajstić information content (AvgIpc) is 3.51. The number of Topliss-reactive ketones (excluding diaryl/α,β-unsaturated/α-hetero) is 1. The van der Waals surface area contributed by atoms with Crippen LogP contribution in [0.3, 0.4) is 0 Å². The summed E-state index contributed by atoms with van der Waals surface area (Å²) in [7, 11) is 5.51. The van der Waals surface area contributed by atoms with Crippen molar-refractivity contribution in [2.24, 2.45) is 51.2 Å². The number of amides is 2. The number of allylic oxidation sites excluding steroid dienone is 3. The summed E-state index contributed by atoms with van der Waals surface area (Å²) in [4.78, 5) is 44.9. The number of carbonyl (C=O) groups is 3. The fourth-order valence-electron chi connectivity index (χ4n) is 13.4. The van der Waals surface area contributed by atoms with E-state index in [1.165, 1.54) is 23.8 Å². The SMILES string of the molecule is COC(=O)c1ccc(C2=CC[C@@]3(C)C(CC[C@]4(C)C3CCC3C5=C(C(C)C)C(=O)CC5[C@@H](NC(=O)N(CCN(C)C)Cc5ccc(Cl)cc5)C[C@]34C)C2(C)C)cc1. The Balaban J connectivity index is 1.23. The van der Waals surface area contributed by atoms with Gasteiger partial charge in [-0.05, 0) is 144 Å². The van der Waals surface area contributed by atoms with Crippen molar-refractivity contribution in [1.82, 2.24) is 15.1 Å². The average molecular weight is 797 g/mol. The number of nitrogens with one attached hydrogen (secondary N) is 1. The molecule has 0 saturated heterocycles. The maximum absolute atomic E-state index is 14.6. The molecule has 5 aliphatic rings. The molecule has 8 heteroatoms. The third kappa shape index (κ3) is 7.00. The standard InChI is InChI=1S/C49H66ClN3O4/c1-30(2)42-39(54)27-35-38(51-45(56)53(26-25-52(8)9)29-31-11-17-34(50)18-12-31)28-49(7)37(43(35)42)19-20-41-47(5)23-21-36(32-13-15-33(16-14-32)44(55)57-10)46(3,4)40(47)22-24-48(41,49)6/h11-18,21,30,35,37-38,40-41H,19-20,22-29H2,1-10H3,(H,51,56)/t35?,37?,38-,40?,41?,47-,48+,49+/m0/s1. The smallest absolute Gasteiger partial charge is 0.337 e. The van der Waals surface area contributed by atoms with Crippen molar-refractivity contribution in [2.45, 2.75) is 106 Å². The number of likely N-dealkylation sites (N-methyl/N-ethyl adjacent to an activating group) is 1. The second-order valence-electron chi connectivity index (χ2n) is 20.1. The van der Waals surface area contributed by atoms with Crippen LogP contribution in [0.1, 0.15) is 115 Å². The number of nitrogens with zero attached hydrogens (tertiary/aromatic N) is 2. The fourth-order valence-corrected chi connectivity index (χ4v) is 13.6. The molecule has 5 aliphatic carbocycles. The Morgan fingerprint density at radius 3 is 2.23 bits per heavy atom. The van der Waals surface area contributed by atoms with Crippen molar-refractivity contribution in [3.05, 3.63) is 87.5 Å². The summed E-state index contributed by atoms with van der Waals surface area (Å²) < 4.78 is 4.98. The van der Waals surface area contributed by atoms with Crippen molar-refractivity contribution in [2.75, 3.05) is 34.3 Å². The van der Waals surface area contributed by atoms with Gasteiger partial charge < -0.3 is 19.9 Å². The Labute approximate surface area is 347 Å². The zero-order valence-electron chi connectivity index (χ0n) is 36.1. The number of hydrogen-bond donors (Lipinski definition) is 1. The summed E-state index contributed by atoms with van der Waals surface area (Å²) in [5.41, 5.74) is 6.57. The number of ether oxygens (including phenoxy) is 1. The molecule has 3 fully saturated rings. The predicted molar refractivity (Wildman–Crippen MR) is 230 cm³/mol. The van der Waals surface area contributed by atoms with Crippen LogP contribution in [0.25, 0.3) is 5.57 Å². The Kier molecular flexibility index (Phi) is 11.2. The number of halogens is 1. The largest absolute Gasteiger partial charge is 0.465 e. The number of carbonyl (C=O) groups excluding carboxylic acids is 3. The molecule has 4 unspecified atom stereocenters. The predicted octanol–water partition coefficient (Wildman–Crippen LogP) is 10.5. The number of benzene rings is 2. The molecule has 0 aromatic heterocycles. The second kappa shape index (κ2) is 15.3. The van der Waals surface area contributed by atoms with E-state index in [2.05, 4.69) is 76.9 Å². The quantitative estimate of drug-likeness (QED) is 0.256. The van der Waals surface area contributed by atoms with Gasteiger partial charge in [0.2, 0.25) is 0 Å². The van der Waals surface area contributed by atoms with Crippen LogP contribution >= 0.6 is 11.6 Å². The van der Waals surface area contributed by atoms with Crippen molar-refractivity contribution < 1.29 is 19.1 Å². The van der Waals surface area contributed by atoms with Gasteiger partial charge in [0.1, 0.15) is 0 Å². The van der Waals surface area contributed by atoms with Gasteiger partial charge in [-0.25, -0.2) is 9.59 Å². The van der Waals surface area contributed by atoms with Crippen molar-refractivity contribution in [3.63, 3.8) is 0 Å². The molecule has 2 aromatic rings. The first kappa shape index (κ1) is 41.7. The van der Waals surface area contributed by atoms with E-state index >= 15 is 0 Å². The van der Waals surface area contributed by atoms with Gasteiger partial charge in [0, 0.05) is 43.0 Å². The number of esters is 1. The summed E-state index contributed by atoms with van der Waals surface area (Å²) in [6, 6.07) is 15.6. The molecule has 7 rings (SSSR count). The van der Waals surface area contributed by atoms with Gasteiger partial charge in [-0.3, -0.25) is 4.79 Å². The van der Waals surface area contributed by atoms with Gasteiger partial charge in [-0.15, -0.1) is 0 Å². The van der Waals surface area contributed by atoms with Crippen LogP contribution in [-0.4, -0.2) is 67.9 Å². The summed E-state index contributed by atoms with van der Waals surface area (Å²) in [5.74, 6) is 1.49. The van der Waals surface area contributed by atoms with Gasteiger partial charge in [-0.1, -0.05) is 96.0 Å². The molecule has 57 heavy (non-hydrogen) atoms. The fraction of sp³-hybridized carbons (Fsp3) is 0.612. The number of urea groups is 1. The van der Waals surface area contributed by atoms with E-state index < -0.39 is 0 Å². The summed E-state index contributed by atoms with van der Waals surface area (Å²) >= 11 is 6.23. The lowest BCUT2D eigenvalue weighted by atomic mass is 9.33. The lowest BCUT2D eigenvalue weighted by Crippen LogP contribution is -2.66. The van der Waals surface area contributed by atoms with Crippen LogP contribution in [0.2, 0.25) is 5.02 Å². The van der Waals surface area contributed by atoms with Gasteiger partial charge in [-0.2, -0.15) is 0 Å². The van der Waals surface area contributed by atoms with E-state index in [1.807, 2.05) is 55.4 Å². The van der Waals surface area contributed by atoms with Gasteiger partial charge in [0.05, 0.1) is 12.7 Å². The molecule has 0 radical (unpaired) electrons. The van der Waals surface area contributed by atoms with Crippen LogP contribution in [0.5, 0.6) is 0 Å². The first-order valence-corrected chi connectivity index (χ1v) is 21.8. The van der Waals surface area contributed by atoms with Crippen LogP contribution in [-0.2, 0) is 16.1 Å². The van der Waals surface area contributed by atoms with Gasteiger partial charge >= 0.3 is 12.0 Å². The first-order valence-electron chi connectivity index (χ1n) is 21.5. The molecule has 2 amide bonds. The molecule has 0 heterocycles. The maximum atomic E-state index is 14.6. The maximum Gasteiger partial charge on any atom is 0.337 e. The molecule has 0 bridgehead atoms. The first-order chi connectivity index (χ1) is 26.9. The lowest BCUT2D eigenvalue weighted by Gasteiger charge is -2.71. The molecule has 1 N–H and O–H groups in total. The number of ketones is 1. The monoisotopic (exact) mass is 795 g/mol. The van der Waals surface area contributed by atoms with Crippen LogP contribution in [0, 0.1) is 51.2 Å². The Morgan fingerprint density at radius 1 is 0.912 bits per heavy atom. The van der Waals surface area contributed by atoms with Crippen molar-refractivity contribution >= 4 is 35.0 Å². The van der Waals surface area contributed by atoms with E-state index in [1.54, 1.807) is 0 Å². The summed E-state index contributed by atoms with van der Waals surface area (Å²) in [6.07, 6.45) is 9.41. The van der Waals surface area contributed by atoms with E-state index in [4.69, 9.17) is 16.3 Å². The number of hydrogen-bond acceptors (Lipinski definition) is 5. The molecule has 8 atom stereocenters. The highest BCUT2D eigenvalue weighted by atomic mass is 35.5. The Morgan fingerprint density at radius 2 is 1.60 bits per heavy atom. The Bertz CT molecular complexity index is 1950. The second-order valence-corrected chi connectivity index (χ2v) is 20.5. The van der Waals surface area contributed by atoms with Gasteiger partial charge in [0.15, 0.2) is 5.78 Å². The topological polar surface area (TPSA) is 78.9 Å². The van der Waals surface area contributed by atoms with E-state index in [9.17, 15) is 14.4 Å². The molecule has 0 spiro atoms. The summed E-state index contributed by atoms with van der Waals surface area (Å²) in [6.45, 7) is 18.8. The molecule has 308 valence electrons. The highest BCUT2D eigenvalue weighted by molar-refractivity contribution is 6.30. The van der Waals surface area contributed by atoms with Crippen molar-refractivity contribution in [3.8, 4) is 0 Å². The third-order valence-electron chi connectivity index (χ3n) is 16.3. The zero-order valence-corrected chi connectivity index (χ0v) is 36.9. The molecular formula is C49H66ClN3O4. The zero-order chi connectivity index (χ0) is 41.2. The third-order valence-corrected chi connectivity index (χ3v) is 16.5. The van der Waals surface area contributed by atoms with Gasteiger partial charge in [0.25, 0.3) is 0 Å². The molecular weight excluding hydrogens is 730 g/mol. The van der Waals surface area contributed by atoms with Crippen LogP contribution < -0.4 is 5.32 Å². The number of methoxy groups -OCH3 is 1. The normalized spacial score (nSPS) is 32.9. The lowest BCUT2D eigenvalue weighted by molar-refractivity contribution is -0.195. The highest BCUT2D eigenvalue weighted by Gasteiger charge is 2.69.